The van der Waals surface area contributed by atoms with E-state index < -0.39 is 12.0 Å². The van der Waals surface area contributed by atoms with Crippen LogP contribution in [0.5, 0.6) is 0 Å². The lowest BCUT2D eigenvalue weighted by atomic mass is 9.90. The first-order chi connectivity index (χ1) is 16.0. The van der Waals surface area contributed by atoms with Gasteiger partial charge in [-0.05, 0) is 73.4 Å². The molecule has 0 spiro atoms. The lowest BCUT2D eigenvalue weighted by Crippen LogP contribution is -2.44. The summed E-state index contributed by atoms with van der Waals surface area (Å²) in [5.41, 5.74) is 5.28. The summed E-state index contributed by atoms with van der Waals surface area (Å²) in [7, 11) is 0. The number of thioether (sulfide) groups is 1. The first-order valence-electron chi connectivity index (χ1n) is 11.6. The van der Waals surface area contributed by atoms with Crippen molar-refractivity contribution >= 4 is 29.2 Å². The topological polar surface area (TPSA) is 69.6 Å². The molecule has 1 amide bonds. The molecule has 2 aromatic carbocycles. The van der Waals surface area contributed by atoms with Crippen LogP contribution in [-0.4, -0.2) is 59.6 Å². The normalized spacial score (nSPS) is 15.3. The van der Waals surface area contributed by atoms with Crippen molar-refractivity contribution in [2.24, 2.45) is 0 Å². The molecule has 0 aromatic heterocycles. The molecule has 2 N–H and O–H groups in total. The van der Waals surface area contributed by atoms with E-state index in [4.69, 9.17) is 0 Å². The fourth-order valence-electron chi connectivity index (χ4n) is 4.31. The van der Waals surface area contributed by atoms with Crippen LogP contribution in [-0.2, 0) is 16.0 Å². The highest BCUT2D eigenvalue weighted by atomic mass is 32.2. The fraction of sp³-hybridized carbons (Fsp3) is 0.407. The van der Waals surface area contributed by atoms with Crippen molar-refractivity contribution in [3.05, 3.63) is 76.9 Å². The molecule has 0 radical (unpaired) electrons. The predicted octanol–water partition coefficient (Wildman–Crippen LogP) is 4.41. The first-order valence-corrected chi connectivity index (χ1v) is 13.0. The smallest absolute Gasteiger partial charge is 0.326 e. The number of carboxylic acids is 1. The van der Waals surface area contributed by atoms with Gasteiger partial charge >= 0.3 is 5.97 Å². The first kappa shape index (κ1) is 25.1. The van der Waals surface area contributed by atoms with Gasteiger partial charge in [0.15, 0.2) is 0 Å². The molecule has 2 aromatic rings. The highest BCUT2D eigenvalue weighted by Gasteiger charge is 2.28. The fourth-order valence-corrected chi connectivity index (χ4v) is 4.78. The van der Waals surface area contributed by atoms with Gasteiger partial charge in [-0.15, -0.1) is 0 Å². The molecular weight excluding hydrogens is 432 g/mol. The molecule has 6 heteroatoms. The van der Waals surface area contributed by atoms with Crippen LogP contribution in [0.15, 0.2) is 60.2 Å². The quantitative estimate of drug-likeness (QED) is 0.513. The largest absolute Gasteiger partial charge is 0.480 e. The van der Waals surface area contributed by atoms with E-state index in [-0.39, 0.29) is 5.91 Å². The summed E-state index contributed by atoms with van der Waals surface area (Å²) >= 11 is 1.58. The minimum absolute atomic E-state index is 0.245. The molecule has 0 saturated heterocycles. The second kappa shape index (κ2) is 12.6. The molecule has 1 atom stereocenters. The number of hydrogen-bond donors (Lipinski definition) is 2. The van der Waals surface area contributed by atoms with Gasteiger partial charge in [0.25, 0.3) is 0 Å². The van der Waals surface area contributed by atoms with Crippen molar-refractivity contribution in [3.63, 3.8) is 0 Å². The summed E-state index contributed by atoms with van der Waals surface area (Å²) in [6.45, 7) is 4.52. The number of benzene rings is 2. The third-order valence-electron chi connectivity index (χ3n) is 6.16. The Morgan fingerprint density at radius 3 is 2.55 bits per heavy atom. The molecule has 3 rings (SSSR count). The summed E-state index contributed by atoms with van der Waals surface area (Å²) in [5.74, 6) is -0.532. The maximum Gasteiger partial charge on any atom is 0.326 e. The zero-order valence-electron chi connectivity index (χ0n) is 19.5. The Hall–Kier alpha value is -2.57. The molecule has 176 valence electrons. The average Bonchev–Trinajstić information content (AvgIpc) is 2.82. The molecule has 5 nitrogen and oxygen atoms in total. The van der Waals surface area contributed by atoms with Gasteiger partial charge in [-0.3, -0.25) is 9.69 Å². The van der Waals surface area contributed by atoms with Crippen LogP contribution in [0.2, 0.25) is 0 Å². The summed E-state index contributed by atoms with van der Waals surface area (Å²) in [6.07, 6.45) is 5.07. The Balaban J connectivity index is 1.76. The van der Waals surface area contributed by atoms with Gasteiger partial charge in [-0.1, -0.05) is 54.6 Å². The van der Waals surface area contributed by atoms with E-state index in [9.17, 15) is 14.7 Å². The Bertz CT molecular complexity index is 974. The highest BCUT2D eigenvalue weighted by molar-refractivity contribution is 7.98. The molecule has 0 saturated carbocycles. The Morgan fingerprint density at radius 1 is 1.12 bits per heavy atom. The van der Waals surface area contributed by atoms with Crippen LogP contribution in [0, 0.1) is 6.92 Å². The van der Waals surface area contributed by atoms with Gasteiger partial charge in [-0.25, -0.2) is 4.79 Å². The molecule has 0 bridgehead atoms. The number of rotatable bonds is 11. The van der Waals surface area contributed by atoms with E-state index in [2.05, 4.69) is 53.5 Å². The number of nitrogens with one attached hydrogen (secondary N) is 1. The summed E-state index contributed by atoms with van der Waals surface area (Å²) < 4.78 is 0. The van der Waals surface area contributed by atoms with Gasteiger partial charge in [0.2, 0.25) is 5.91 Å². The molecule has 1 unspecified atom stereocenters. The number of aliphatic carboxylic acids is 1. The maximum atomic E-state index is 13.2. The van der Waals surface area contributed by atoms with E-state index in [1.807, 2.05) is 24.5 Å². The Morgan fingerprint density at radius 2 is 1.85 bits per heavy atom. The van der Waals surface area contributed by atoms with Crippen LogP contribution in [0.4, 0.5) is 0 Å². The SMILES string of the molecule is CSCCC(NC(=O)C1=C(c2ccccc2C)CN(CCCc2ccccc2)CC1)C(=O)O. The molecule has 0 aliphatic carbocycles. The van der Waals surface area contributed by atoms with Crippen LogP contribution in [0.3, 0.4) is 0 Å². The van der Waals surface area contributed by atoms with Crippen LogP contribution < -0.4 is 5.32 Å². The second-order valence-corrected chi connectivity index (χ2v) is 9.52. The van der Waals surface area contributed by atoms with Gasteiger partial charge in [-0.2, -0.15) is 11.8 Å². The molecular formula is C27H34N2O3S. The molecule has 33 heavy (non-hydrogen) atoms. The number of carbonyl (C=O) groups excluding carboxylic acids is 1. The Labute approximate surface area is 201 Å². The highest BCUT2D eigenvalue weighted by Crippen LogP contribution is 2.29. The summed E-state index contributed by atoms with van der Waals surface area (Å²) in [4.78, 5) is 27.3. The Kier molecular flexibility index (Phi) is 9.58. The van der Waals surface area contributed by atoms with Crippen LogP contribution in [0.25, 0.3) is 5.57 Å². The predicted molar refractivity (Wildman–Crippen MR) is 136 cm³/mol. The van der Waals surface area contributed by atoms with E-state index in [1.165, 1.54) is 5.56 Å². The number of nitrogens with zero attached hydrogens (tertiary/aromatic N) is 1. The van der Waals surface area contributed by atoms with Crippen LogP contribution in [0.1, 0.15) is 36.0 Å². The van der Waals surface area contributed by atoms with E-state index >= 15 is 0 Å². The molecule has 0 fully saturated rings. The third-order valence-corrected chi connectivity index (χ3v) is 6.81. The third kappa shape index (κ3) is 7.21. The van der Waals surface area contributed by atoms with Crippen molar-refractivity contribution in [2.45, 2.75) is 38.6 Å². The zero-order chi connectivity index (χ0) is 23.6. The number of aryl methyl sites for hydroxylation is 2. The minimum Gasteiger partial charge on any atom is -0.480 e. The van der Waals surface area contributed by atoms with Gasteiger partial charge in [0, 0.05) is 18.7 Å². The minimum atomic E-state index is -0.978. The van der Waals surface area contributed by atoms with Crippen molar-refractivity contribution < 1.29 is 14.7 Å². The molecule has 1 aliphatic rings. The van der Waals surface area contributed by atoms with Crippen LogP contribution >= 0.6 is 11.8 Å². The van der Waals surface area contributed by atoms with Crippen molar-refractivity contribution in [2.75, 3.05) is 31.6 Å². The number of carbonyl (C=O) groups is 2. The number of amides is 1. The monoisotopic (exact) mass is 466 g/mol. The number of hydrogen-bond acceptors (Lipinski definition) is 4. The zero-order valence-corrected chi connectivity index (χ0v) is 20.4. The van der Waals surface area contributed by atoms with E-state index in [0.717, 1.165) is 48.2 Å². The number of carboxylic acid groups (broad SMARTS) is 1. The van der Waals surface area contributed by atoms with Gasteiger partial charge in [0.1, 0.15) is 6.04 Å². The average molecular weight is 467 g/mol. The van der Waals surface area contributed by atoms with Crippen molar-refractivity contribution in [1.82, 2.24) is 10.2 Å². The lowest BCUT2D eigenvalue weighted by Gasteiger charge is -2.31. The molecule has 1 aliphatic heterocycles. The molecule has 1 heterocycles. The van der Waals surface area contributed by atoms with Crippen molar-refractivity contribution in [1.29, 1.82) is 0 Å². The van der Waals surface area contributed by atoms with Gasteiger partial charge in [0.05, 0.1) is 0 Å². The summed E-state index contributed by atoms with van der Waals surface area (Å²) in [5, 5.41) is 12.4. The van der Waals surface area contributed by atoms with E-state index in [0.29, 0.717) is 25.1 Å². The van der Waals surface area contributed by atoms with Crippen molar-refractivity contribution in [3.8, 4) is 0 Å². The maximum absolute atomic E-state index is 13.2. The lowest BCUT2D eigenvalue weighted by molar-refractivity contribution is -0.141. The van der Waals surface area contributed by atoms with E-state index in [1.54, 1.807) is 11.8 Å². The standard InChI is InChI=1S/C27H34N2O3S/c1-20-9-6-7-13-22(20)24-19-29(16-8-12-21-10-4-3-5-11-21)17-14-23(24)26(30)28-25(27(31)32)15-18-33-2/h3-7,9-11,13,25H,8,12,14-19H2,1-2H3,(H,28,30)(H,31,32). The summed E-state index contributed by atoms with van der Waals surface area (Å²) in [6, 6.07) is 17.8. The van der Waals surface area contributed by atoms with Gasteiger partial charge < -0.3 is 10.4 Å². The second-order valence-electron chi connectivity index (χ2n) is 8.53.